The Morgan fingerprint density at radius 3 is 2.53 bits per heavy atom. The summed E-state index contributed by atoms with van der Waals surface area (Å²) in [6, 6.07) is 11.8. The number of amides is 3. The predicted octanol–water partition coefficient (Wildman–Crippen LogP) is 3.49. The van der Waals surface area contributed by atoms with E-state index in [-0.39, 0.29) is 54.2 Å². The van der Waals surface area contributed by atoms with Gasteiger partial charge in [-0.25, -0.2) is 9.29 Å². The van der Waals surface area contributed by atoms with Gasteiger partial charge in [-0.3, -0.25) is 19.2 Å². The molecule has 174 valence electrons. The zero-order chi connectivity index (χ0) is 24.0. The minimum absolute atomic E-state index is 0.0206. The fourth-order valence-corrected chi connectivity index (χ4v) is 5.02. The number of hydrogen-bond donors (Lipinski definition) is 0. The molecule has 7 nitrogen and oxygen atoms in total. The summed E-state index contributed by atoms with van der Waals surface area (Å²) in [7, 11) is 0. The Hall–Kier alpha value is -3.81. The molecule has 34 heavy (non-hydrogen) atoms. The van der Waals surface area contributed by atoms with E-state index in [0.29, 0.717) is 17.8 Å². The normalized spacial score (nSPS) is 26.2. The smallest absolute Gasteiger partial charge is 0.316 e. The van der Waals surface area contributed by atoms with Gasteiger partial charge in [0, 0.05) is 24.7 Å². The Morgan fingerprint density at radius 1 is 1.03 bits per heavy atom. The molecule has 0 N–H and O–H groups in total. The molecule has 0 spiro atoms. The second kappa shape index (κ2) is 8.52. The Bertz CT molecular complexity index is 1210. The van der Waals surface area contributed by atoms with E-state index in [1.165, 1.54) is 40.1 Å². The zero-order valence-electron chi connectivity index (χ0n) is 18.5. The molecule has 1 aliphatic carbocycles. The maximum atomic E-state index is 13.2. The van der Waals surface area contributed by atoms with Gasteiger partial charge < -0.3 is 9.64 Å². The molecule has 2 aliphatic heterocycles. The van der Waals surface area contributed by atoms with Crippen LogP contribution in [0.4, 0.5) is 15.8 Å². The molecule has 2 heterocycles. The topological polar surface area (TPSA) is 84.0 Å². The molecular formula is C26H23FN2O5. The lowest BCUT2D eigenvalue weighted by molar-refractivity contribution is -0.139. The molecule has 5 rings (SSSR count). The van der Waals surface area contributed by atoms with E-state index in [4.69, 9.17) is 4.74 Å². The highest BCUT2D eigenvalue weighted by molar-refractivity contribution is 6.22. The van der Waals surface area contributed by atoms with Crippen LogP contribution in [0.15, 0.2) is 60.7 Å². The molecule has 0 radical (unpaired) electrons. The number of anilines is 2. The number of halogens is 1. The summed E-state index contributed by atoms with van der Waals surface area (Å²) in [5.41, 5.74) is 0.872. The lowest BCUT2D eigenvalue weighted by Gasteiger charge is -2.22. The molecule has 2 fully saturated rings. The van der Waals surface area contributed by atoms with Gasteiger partial charge in [0.15, 0.2) is 0 Å². The largest absolute Gasteiger partial charge is 0.426 e. The monoisotopic (exact) mass is 462 g/mol. The van der Waals surface area contributed by atoms with Gasteiger partial charge in [-0.15, -0.1) is 0 Å². The van der Waals surface area contributed by atoms with Crippen LogP contribution in [0.1, 0.15) is 19.8 Å². The third-order valence-electron chi connectivity index (χ3n) is 6.76. The number of benzene rings is 2. The van der Waals surface area contributed by atoms with Gasteiger partial charge in [-0.1, -0.05) is 25.1 Å². The first-order chi connectivity index (χ1) is 16.3. The van der Waals surface area contributed by atoms with Crippen molar-refractivity contribution in [2.24, 2.45) is 23.7 Å². The molecule has 2 aromatic carbocycles. The molecule has 0 saturated carbocycles. The number of esters is 1. The van der Waals surface area contributed by atoms with Crippen LogP contribution in [-0.2, 0) is 19.2 Å². The first-order valence-corrected chi connectivity index (χ1v) is 11.3. The van der Waals surface area contributed by atoms with E-state index in [9.17, 15) is 23.6 Å². The molecule has 0 aromatic heterocycles. The summed E-state index contributed by atoms with van der Waals surface area (Å²) in [6.07, 6.45) is 4.42. The molecular weight excluding hydrogens is 439 g/mol. The van der Waals surface area contributed by atoms with Gasteiger partial charge in [0.2, 0.25) is 17.7 Å². The standard InChI is InChI=1S/C26H23FN2O5/c1-15-4-2-7-21-23(15)25(32)29(24(21)31)19-5-3-6-20(13-19)34-26(33)16-12-22(30)28(14-16)18-10-8-17(27)9-11-18/h2-6,8-11,13,15-16,21,23H,7,12,14H2,1H3/t15-,16+,21+,23+/m1/s1. The van der Waals surface area contributed by atoms with E-state index in [1.54, 1.807) is 18.2 Å². The van der Waals surface area contributed by atoms with Gasteiger partial charge in [-0.05, 0) is 48.7 Å². The summed E-state index contributed by atoms with van der Waals surface area (Å²) in [5, 5.41) is 0. The highest BCUT2D eigenvalue weighted by Gasteiger charge is 2.50. The lowest BCUT2D eigenvalue weighted by atomic mass is 9.78. The lowest BCUT2D eigenvalue weighted by Crippen LogP contribution is -2.31. The molecule has 2 aromatic rings. The minimum atomic E-state index is -0.689. The van der Waals surface area contributed by atoms with Crippen LogP contribution in [-0.4, -0.2) is 30.2 Å². The van der Waals surface area contributed by atoms with Crippen LogP contribution >= 0.6 is 0 Å². The second-order valence-corrected chi connectivity index (χ2v) is 8.97. The van der Waals surface area contributed by atoms with Gasteiger partial charge >= 0.3 is 5.97 Å². The highest BCUT2D eigenvalue weighted by atomic mass is 19.1. The van der Waals surface area contributed by atoms with Crippen LogP contribution in [0.2, 0.25) is 0 Å². The van der Waals surface area contributed by atoms with Crippen molar-refractivity contribution in [3.63, 3.8) is 0 Å². The van der Waals surface area contributed by atoms with Crippen LogP contribution in [0, 0.1) is 29.5 Å². The maximum Gasteiger partial charge on any atom is 0.316 e. The Balaban J connectivity index is 1.30. The Kier molecular flexibility index (Phi) is 5.51. The summed E-state index contributed by atoms with van der Waals surface area (Å²) < 4.78 is 18.7. The van der Waals surface area contributed by atoms with Gasteiger partial charge in [0.05, 0.1) is 23.4 Å². The molecule has 8 heteroatoms. The first kappa shape index (κ1) is 22.0. The van der Waals surface area contributed by atoms with Crippen molar-refractivity contribution in [2.75, 3.05) is 16.3 Å². The fourth-order valence-electron chi connectivity index (χ4n) is 5.02. The number of allylic oxidation sites excluding steroid dienone is 2. The fraction of sp³-hybridized carbons (Fsp3) is 0.308. The van der Waals surface area contributed by atoms with E-state index in [1.807, 2.05) is 19.1 Å². The minimum Gasteiger partial charge on any atom is -0.426 e. The molecule has 3 amide bonds. The molecule has 2 saturated heterocycles. The van der Waals surface area contributed by atoms with Gasteiger partial charge in [0.1, 0.15) is 11.6 Å². The molecule has 0 unspecified atom stereocenters. The van der Waals surface area contributed by atoms with Crippen molar-refractivity contribution < 1.29 is 28.3 Å². The highest BCUT2D eigenvalue weighted by Crippen LogP contribution is 2.41. The number of carbonyl (C=O) groups excluding carboxylic acids is 4. The van der Waals surface area contributed by atoms with E-state index in [2.05, 4.69) is 0 Å². The molecule has 0 bridgehead atoms. The van der Waals surface area contributed by atoms with E-state index >= 15 is 0 Å². The van der Waals surface area contributed by atoms with Crippen molar-refractivity contribution in [1.29, 1.82) is 0 Å². The average molecular weight is 462 g/mol. The first-order valence-electron chi connectivity index (χ1n) is 11.3. The molecule has 3 aliphatic rings. The summed E-state index contributed by atoms with van der Waals surface area (Å²) >= 11 is 0. The number of rotatable bonds is 4. The predicted molar refractivity (Wildman–Crippen MR) is 121 cm³/mol. The Morgan fingerprint density at radius 2 is 1.79 bits per heavy atom. The van der Waals surface area contributed by atoms with E-state index in [0.717, 1.165) is 0 Å². The number of nitrogens with zero attached hydrogens (tertiary/aromatic N) is 2. The number of carbonyl (C=O) groups is 4. The summed E-state index contributed by atoms with van der Waals surface area (Å²) in [4.78, 5) is 53.8. The third kappa shape index (κ3) is 3.79. The third-order valence-corrected chi connectivity index (χ3v) is 6.76. The van der Waals surface area contributed by atoms with Crippen molar-refractivity contribution in [3.05, 3.63) is 66.5 Å². The van der Waals surface area contributed by atoms with Crippen molar-refractivity contribution in [2.45, 2.75) is 19.8 Å². The quantitative estimate of drug-likeness (QED) is 0.301. The van der Waals surface area contributed by atoms with Crippen LogP contribution in [0.25, 0.3) is 0 Å². The van der Waals surface area contributed by atoms with E-state index < -0.39 is 17.7 Å². The maximum absolute atomic E-state index is 13.2. The summed E-state index contributed by atoms with van der Waals surface area (Å²) in [6.45, 7) is 2.05. The van der Waals surface area contributed by atoms with Gasteiger partial charge in [-0.2, -0.15) is 0 Å². The average Bonchev–Trinajstić information content (AvgIpc) is 3.33. The van der Waals surface area contributed by atoms with Crippen LogP contribution in [0.5, 0.6) is 5.75 Å². The van der Waals surface area contributed by atoms with Crippen LogP contribution < -0.4 is 14.5 Å². The number of imide groups is 1. The Labute approximate surface area is 195 Å². The second-order valence-electron chi connectivity index (χ2n) is 8.97. The summed E-state index contributed by atoms with van der Waals surface area (Å²) in [5.74, 6) is -3.01. The SMILES string of the molecule is C[C@@H]1C=CC[C@@H]2C(=O)N(c3cccc(OC(=O)[C@H]4CC(=O)N(c5ccc(F)cc5)C4)c3)C(=O)[C@@H]12. The number of fused-ring (bicyclic) bond motifs is 1. The molecule has 4 atom stereocenters. The van der Waals surface area contributed by atoms with Crippen molar-refractivity contribution >= 4 is 35.1 Å². The zero-order valence-corrected chi connectivity index (χ0v) is 18.5. The van der Waals surface area contributed by atoms with Crippen LogP contribution in [0.3, 0.4) is 0 Å². The van der Waals surface area contributed by atoms with Crippen molar-refractivity contribution in [1.82, 2.24) is 0 Å². The van der Waals surface area contributed by atoms with Gasteiger partial charge in [0.25, 0.3) is 0 Å². The number of hydrogen-bond acceptors (Lipinski definition) is 5. The number of ether oxygens (including phenoxy) is 1. The van der Waals surface area contributed by atoms with Crippen molar-refractivity contribution in [3.8, 4) is 5.75 Å².